The second-order valence-electron chi connectivity index (χ2n) is 3.33. The molecule has 0 bridgehead atoms. The van der Waals surface area contributed by atoms with Gasteiger partial charge in [0.05, 0.1) is 0 Å². The number of carbonyl (C=O) groups excluding carboxylic acids is 1. The van der Waals surface area contributed by atoms with Gasteiger partial charge in [0.15, 0.2) is 0 Å². The number of benzene rings is 1. The zero-order valence-corrected chi connectivity index (χ0v) is 8.66. The highest BCUT2D eigenvalue weighted by Gasteiger charge is 2.01. The van der Waals surface area contributed by atoms with Crippen LogP contribution in [0.3, 0.4) is 0 Å². The second kappa shape index (κ2) is 5.27. The Bertz CT molecular complexity index is 283. The average Bonchev–Trinajstić information content (AvgIpc) is 2.19. The summed E-state index contributed by atoms with van der Waals surface area (Å²) in [4.78, 5) is 12.8. The Balaban J connectivity index is 2.26. The minimum atomic E-state index is 0.147. The van der Waals surface area contributed by atoms with Crippen LogP contribution < -0.4 is 5.32 Å². The molecule has 1 rings (SSSR count). The van der Waals surface area contributed by atoms with Gasteiger partial charge in [0.2, 0.25) is 5.91 Å². The predicted molar refractivity (Wildman–Crippen MR) is 58.2 cm³/mol. The molecule has 76 valence electrons. The van der Waals surface area contributed by atoms with Crippen LogP contribution in [0.15, 0.2) is 30.3 Å². The summed E-state index contributed by atoms with van der Waals surface area (Å²) >= 11 is 0. The van der Waals surface area contributed by atoms with Crippen LogP contribution in [0.5, 0.6) is 0 Å². The number of nitrogens with zero attached hydrogens (tertiary/aromatic N) is 1. The van der Waals surface area contributed by atoms with Crippen molar-refractivity contribution in [3.8, 4) is 0 Å². The molecule has 0 spiro atoms. The molecule has 3 nitrogen and oxygen atoms in total. The molecule has 0 aliphatic carbocycles. The van der Waals surface area contributed by atoms with Gasteiger partial charge in [-0.15, -0.1) is 0 Å². The van der Waals surface area contributed by atoms with E-state index in [1.54, 1.807) is 19.0 Å². The van der Waals surface area contributed by atoms with Crippen LogP contribution in [-0.4, -0.2) is 31.4 Å². The van der Waals surface area contributed by atoms with E-state index in [1.807, 2.05) is 30.3 Å². The van der Waals surface area contributed by atoms with Crippen LogP contribution in [-0.2, 0) is 4.79 Å². The molecule has 0 saturated heterocycles. The fourth-order valence-corrected chi connectivity index (χ4v) is 1.09. The largest absolute Gasteiger partial charge is 0.385 e. The van der Waals surface area contributed by atoms with Gasteiger partial charge in [-0.3, -0.25) is 4.79 Å². The normalized spacial score (nSPS) is 9.57. The molecule has 1 aromatic rings. The lowest BCUT2D eigenvalue weighted by Gasteiger charge is -2.10. The zero-order chi connectivity index (χ0) is 10.4. The molecule has 14 heavy (non-hydrogen) atoms. The Morgan fingerprint density at radius 1 is 1.29 bits per heavy atom. The number of carbonyl (C=O) groups is 1. The van der Waals surface area contributed by atoms with E-state index in [0.717, 1.165) is 5.69 Å². The van der Waals surface area contributed by atoms with Gasteiger partial charge in [-0.2, -0.15) is 0 Å². The lowest BCUT2D eigenvalue weighted by atomic mass is 10.3. The van der Waals surface area contributed by atoms with Crippen LogP contribution in [0, 0.1) is 0 Å². The summed E-state index contributed by atoms with van der Waals surface area (Å²) in [7, 11) is 3.54. The zero-order valence-electron chi connectivity index (χ0n) is 8.66. The number of anilines is 1. The van der Waals surface area contributed by atoms with Crippen molar-refractivity contribution in [3.63, 3.8) is 0 Å². The number of amides is 1. The van der Waals surface area contributed by atoms with E-state index < -0.39 is 0 Å². The van der Waals surface area contributed by atoms with E-state index in [0.29, 0.717) is 13.0 Å². The highest BCUT2D eigenvalue weighted by atomic mass is 16.2. The second-order valence-corrected chi connectivity index (χ2v) is 3.33. The standard InChI is InChI=1S/C11H16N2O/c1-13(2)11(14)8-9-12-10-6-4-3-5-7-10/h3-7,12H,8-9H2,1-2H3. The van der Waals surface area contributed by atoms with Gasteiger partial charge in [0.25, 0.3) is 0 Å². The molecule has 0 atom stereocenters. The first kappa shape index (κ1) is 10.6. The first-order valence-electron chi connectivity index (χ1n) is 4.69. The average molecular weight is 192 g/mol. The summed E-state index contributed by atoms with van der Waals surface area (Å²) in [5.41, 5.74) is 1.05. The van der Waals surface area contributed by atoms with Gasteiger partial charge < -0.3 is 10.2 Å². The molecule has 0 unspecified atom stereocenters. The maximum absolute atomic E-state index is 11.2. The SMILES string of the molecule is CN(C)C(=O)CCNc1ccccc1. The van der Waals surface area contributed by atoms with E-state index >= 15 is 0 Å². The topological polar surface area (TPSA) is 32.3 Å². The van der Waals surface area contributed by atoms with E-state index in [1.165, 1.54) is 0 Å². The van der Waals surface area contributed by atoms with Crippen molar-refractivity contribution in [2.24, 2.45) is 0 Å². The number of nitrogens with one attached hydrogen (secondary N) is 1. The monoisotopic (exact) mass is 192 g/mol. The molecule has 3 heteroatoms. The Kier molecular flexibility index (Phi) is 3.98. The number of para-hydroxylation sites is 1. The summed E-state index contributed by atoms with van der Waals surface area (Å²) in [5.74, 6) is 0.147. The summed E-state index contributed by atoms with van der Waals surface area (Å²) in [6, 6.07) is 9.88. The molecular weight excluding hydrogens is 176 g/mol. The van der Waals surface area contributed by atoms with Crippen molar-refractivity contribution >= 4 is 11.6 Å². The van der Waals surface area contributed by atoms with Gasteiger partial charge in [-0.05, 0) is 12.1 Å². The summed E-state index contributed by atoms with van der Waals surface area (Å²) < 4.78 is 0. The third-order valence-corrected chi connectivity index (χ3v) is 1.94. The molecule has 0 aliphatic rings. The van der Waals surface area contributed by atoms with Crippen LogP contribution >= 0.6 is 0 Å². The van der Waals surface area contributed by atoms with Crippen molar-refractivity contribution in [2.75, 3.05) is 26.0 Å². The van der Waals surface area contributed by atoms with Crippen molar-refractivity contribution < 1.29 is 4.79 Å². The van der Waals surface area contributed by atoms with Crippen LogP contribution in [0.2, 0.25) is 0 Å². The fourth-order valence-electron chi connectivity index (χ4n) is 1.09. The Labute approximate surface area is 84.7 Å². The van der Waals surface area contributed by atoms with Crippen LogP contribution in [0.1, 0.15) is 6.42 Å². The summed E-state index contributed by atoms with van der Waals surface area (Å²) in [6.45, 7) is 0.682. The van der Waals surface area contributed by atoms with Gasteiger partial charge >= 0.3 is 0 Å². The smallest absolute Gasteiger partial charge is 0.223 e. The molecular formula is C11H16N2O. The van der Waals surface area contributed by atoms with Crippen LogP contribution in [0.25, 0.3) is 0 Å². The van der Waals surface area contributed by atoms with E-state index in [4.69, 9.17) is 0 Å². The summed E-state index contributed by atoms with van der Waals surface area (Å²) in [6.07, 6.45) is 0.530. The maximum Gasteiger partial charge on any atom is 0.223 e. The molecule has 0 saturated carbocycles. The molecule has 0 aromatic heterocycles. The van der Waals surface area contributed by atoms with Gasteiger partial charge in [0, 0.05) is 32.7 Å². The highest BCUT2D eigenvalue weighted by molar-refractivity contribution is 5.76. The summed E-state index contributed by atoms with van der Waals surface area (Å²) in [5, 5.41) is 3.18. The Morgan fingerprint density at radius 2 is 1.93 bits per heavy atom. The van der Waals surface area contributed by atoms with Crippen molar-refractivity contribution in [1.82, 2.24) is 4.90 Å². The molecule has 0 aliphatic heterocycles. The third-order valence-electron chi connectivity index (χ3n) is 1.94. The lowest BCUT2D eigenvalue weighted by Crippen LogP contribution is -2.23. The number of rotatable bonds is 4. The van der Waals surface area contributed by atoms with Crippen molar-refractivity contribution in [2.45, 2.75) is 6.42 Å². The number of hydrogen-bond acceptors (Lipinski definition) is 2. The molecule has 1 aromatic carbocycles. The van der Waals surface area contributed by atoms with Crippen molar-refractivity contribution in [1.29, 1.82) is 0 Å². The first-order chi connectivity index (χ1) is 6.70. The minimum absolute atomic E-state index is 0.147. The maximum atomic E-state index is 11.2. The van der Waals surface area contributed by atoms with Gasteiger partial charge in [0.1, 0.15) is 0 Å². The van der Waals surface area contributed by atoms with Gasteiger partial charge in [-0.25, -0.2) is 0 Å². The third kappa shape index (κ3) is 3.47. The lowest BCUT2D eigenvalue weighted by molar-refractivity contribution is -0.128. The molecule has 1 N–H and O–H groups in total. The van der Waals surface area contributed by atoms with Crippen molar-refractivity contribution in [3.05, 3.63) is 30.3 Å². The first-order valence-corrected chi connectivity index (χ1v) is 4.69. The molecule has 0 radical (unpaired) electrons. The fraction of sp³-hybridized carbons (Fsp3) is 0.364. The Morgan fingerprint density at radius 3 is 2.50 bits per heavy atom. The van der Waals surface area contributed by atoms with E-state index in [-0.39, 0.29) is 5.91 Å². The molecule has 0 heterocycles. The van der Waals surface area contributed by atoms with E-state index in [9.17, 15) is 4.79 Å². The minimum Gasteiger partial charge on any atom is -0.385 e. The van der Waals surface area contributed by atoms with Gasteiger partial charge in [-0.1, -0.05) is 18.2 Å². The molecule has 1 amide bonds. The molecule has 0 fully saturated rings. The Hall–Kier alpha value is -1.51. The highest BCUT2D eigenvalue weighted by Crippen LogP contribution is 2.04. The predicted octanol–water partition coefficient (Wildman–Crippen LogP) is 1.58. The van der Waals surface area contributed by atoms with Crippen LogP contribution in [0.4, 0.5) is 5.69 Å². The van der Waals surface area contributed by atoms with E-state index in [2.05, 4.69) is 5.32 Å². The number of hydrogen-bond donors (Lipinski definition) is 1. The quantitative estimate of drug-likeness (QED) is 0.785.